The fourth-order valence-electron chi connectivity index (χ4n) is 1.78. The van der Waals surface area contributed by atoms with Gasteiger partial charge in [0.1, 0.15) is 5.52 Å². The first-order valence-electron chi connectivity index (χ1n) is 5.65. The van der Waals surface area contributed by atoms with Crippen LogP contribution in [0.2, 0.25) is 0 Å². The Bertz CT molecular complexity index is 834. The van der Waals surface area contributed by atoms with Gasteiger partial charge in [0.05, 0.1) is 12.0 Å². The van der Waals surface area contributed by atoms with E-state index >= 15 is 0 Å². The topological polar surface area (TPSA) is 98.1 Å². The number of furan rings is 1. The molecule has 0 aliphatic heterocycles. The summed E-state index contributed by atoms with van der Waals surface area (Å²) >= 11 is 0. The summed E-state index contributed by atoms with van der Waals surface area (Å²) < 4.78 is 10.1. The van der Waals surface area contributed by atoms with Crippen LogP contribution in [0.3, 0.4) is 0 Å². The maximum Gasteiger partial charge on any atom is 0.374 e. The number of aromatic amines is 1. The molecule has 0 saturated heterocycles. The molecule has 0 bridgehead atoms. The van der Waals surface area contributed by atoms with Crippen LogP contribution in [0.25, 0.3) is 22.2 Å². The van der Waals surface area contributed by atoms with Gasteiger partial charge in [0.15, 0.2) is 0 Å². The fraction of sp³-hybridized carbons (Fsp3) is 0.167. The predicted molar refractivity (Wildman–Crippen MR) is 65.9 cm³/mol. The minimum atomic E-state index is -0.681. The number of hydrogen-bond acceptors (Lipinski definition) is 6. The molecular weight excluding hydrogens is 250 g/mol. The highest BCUT2D eigenvalue weighted by molar-refractivity contribution is 6.01. The Balaban J connectivity index is 2.32. The molecule has 0 aliphatic carbocycles. The maximum absolute atomic E-state index is 11.9. The standard InChI is InChI=1S/C12H9N3O4/c1-2-18-12(17)9-14-7-6-4-3-5-13-11(6)19-8(7)10(16)15-9/h3-5H,2H2,1H3,(H,14,15,16). The third kappa shape index (κ3) is 1.75. The van der Waals surface area contributed by atoms with E-state index in [-0.39, 0.29) is 18.0 Å². The van der Waals surface area contributed by atoms with Crippen LogP contribution in [0.15, 0.2) is 27.5 Å². The monoisotopic (exact) mass is 259 g/mol. The Hall–Kier alpha value is -2.70. The van der Waals surface area contributed by atoms with E-state index in [0.29, 0.717) is 16.6 Å². The molecule has 19 heavy (non-hydrogen) atoms. The van der Waals surface area contributed by atoms with Crippen molar-refractivity contribution in [2.24, 2.45) is 0 Å². The van der Waals surface area contributed by atoms with Gasteiger partial charge in [0.2, 0.25) is 17.1 Å². The van der Waals surface area contributed by atoms with E-state index in [1.165, 1.54) is 0 Å². The third-order valence-corrected chi connectivity index (χ3v) is 2.57. The molecule has 3 rings (SSSR count). The number of ether oxygens (including phenoxy) is 1. The third-order valence-electron chi connectivity index (χ3n) is 2.57. The lowest BCUT2D eigenvalue weighted by Crippen LogP contribution is -2.17. The molecule has 0 radical (unpaired) electrons. The Morgan fingerprint density at radius 3 is 3.16 bits per heavy atom. The van der Waals surface area contributed by atoms with E-state index < -0.39 is 11.5 Å². The van der Waals surface area contributed by atoms with Crippen LogP contribution in [0.5, 0.6) is 0 Å². The van der Waals surface area contributed by atoms with Crippen LogP contribution >= 0.6 is 0 Å². The zero-order chi connectivity index (χ0) is 13.4. The smallest absolute Gasteiger partial charge is 0.374 e. The molecule has 1 N–H and O–H groups in total. The van der Waals surface area contributed by atoms with Crippen molar-refractivity contribution < 1.29 is 13.9 Å². The summed E-state index contributed by atoms with van der Waals surface area (Å²) in [5.74, 6) is -0.828. The number of H-pyrrole nitrogens is 1. The molecule has 0 amide bonds. The van der Waals surface area contributed by atoms with Crippen LogP contribution in [-0.4, -0.2) is 27.5 Å². The summed E-state index contributed by atoms with van der Waals surface area (Å²) in [7, 11) is 0. The van der Waals surface area contributed by atoms with Crippen molar-refractivity contribution in [3.8, 4) is 0 Å². The summed E-state index contributed by atoms with van der Waals surface area (Å²) in [6, 6.07) is 3.42. The van der Waals surface area contributed by atoms with Gasteiger partial charge in [-0.15, -0.1) is 0 Å². The molecule has 0 unspecified atom stereocenters. The second kappa shape index (κ2) is 4.20. The molecular formula is C12H9N3O4. The molecule has 0 aromatic carbocycles. The summed E-state index contributed by atoms with van der Waals surface area (Å²) in [4.78, 5) is 33.9. The predicted octanol–water partition coefficient (Wildman–Crippen LogP) is 1.24. The molecule has 0 saturated carbocycles. The average molecular weight is 259 g/mol. The van der Waals surface area contributed by atoms with Crippen LogP contribution in [0, 0.1) is 0 Å². The van der Waals surface area contributed by atoms with Crippen molar-refractivity contribution in [3.63, 3.8) is 0 Å². The Morgan fingerprint density at radius 1 is 1.53 bits per heavy atom. The zero-order valence-corrected chi connectivity index (χ0v) is 9.97. The van der Waals surface area contributed by atoms with Gasteiger partial charge in [-0.05, 0) is 19.1 Å². The maximum atomic E-state index is 11.9. The van der Waals surface area contributed by atoms with E-state index in [0.717, 1.165) is 0 Å². The second-order valence-electron chi connectivity index (χ2n) is 3.77. The van der Waals surface area contributed by atoms with E-state index in [1.54, 1.807) is 25.3 Å². The van der Waals surface area contributed by atoms with Crippen LogP contribution in [0.1, 0.15) is 17.5 Å². The van der Waals surface area contributed by atoms with Gasteiger partial charge in [0, 0.05) is 6.20 Å². The quantitative estimate of drug-likeness (QED) is 0.695. The van der Waals surface area contributed by atoms with Gasteiger partial charge in [-0.25, -0.2) is 14.8 Å². The highest BCUT2D eigenvalue weighted by atomic mass is 16.5. The van der Waals surface area contributed by atoms with Gasteiger partial charge >= 0.3 is 5.97 Å². The molecule has 0 atom stereocenters. The number of esters is 1. The van der Waals surface area contributed by atoms with E-state index in [4.69, 9.17) is 9.15 Å². The van der Waals surface area contributed by atoms with Gasteiger partial charge in [0.25, 0.3) is 5.56 Å². The summed E-state index contributed by atoms with van der Waals surface area (Å²) in [6.07, 6.45) is 1.55. The van der Waals surface area contributed by atoms with E-state index in [1.807, 2.05) is 0 Å². The van der Waals surface area contributed by atoms with E-state index in [2.05, 4.69) is 15.0 Å². The minimum Gasteiger partial charge on any atom is -0.460 e. The van der Waals surface area contributed by atoms with Gasteiger partial charge in [-0.3, -0.25) is 9.78 Å². The molecule has 96 valence electrons. The molecule has 3 aromatic rings. The lowest BCUT2D eigenvalue weighted by Gasteiger charge is -1.99. The SMILES string of the molecule is CCOC(=O)c1nc2c(oc3ncccc32)c(=O)[nH]1. The molecule has 7 heteroatoms. The number of fused-ring (bicyclic) bond motifs is 3. The number of carbonyl (C=O) groups is 1. The van der Waals surface area contributed by atoms with Crippen LogP contribution < -0.4 is 5.56 Å². The Labute approximate surface area is 106 Å². The van der Waals surface area contributed by atoms with Gasteiger partial charge in [-0.1, -0.05) is 0 Å². The van der Waals surface area contributed by atoms with Crippen molar-refractivity contribution >= 4 is 28.2 Å². The first-order valence-corrected chi connectivity index (χ1v) is 5.65. The summed E-state index contributed by atoms with van der Waals surface area (Å²) in [5.41, 5.74) is 0.110. The van der Waals surface area contributed by atoms with Crippen molar-refractivity contribution in [1.82, 2.24) is 15.0 Å². The number of nitrogens with zero attached hydrogens (tertiary/aromatic N) is 2. The Morgan fingerprint density at radius 2 is 2.37 bits per heavy atom. The largest absolute Gasteiger partial charge is 0.460 e. The Kier molecular flexibility index (Phi) is 2.52. The lowest BCUT2D eigenvalue weighted by molar-refractivity contribution is 0.0512. The number of pyridine rings is 1. The van der Waals surface area contributed by atoms with E-state index in [9.17, 15) is 9.59 Å². The van der Waals surface area contributed by atoms with Crippen LogP contribution in [-0.2, 0) is 4.74 Å². The van der Waals surface area contributed by atoms with Gasteiger partial charge in [-0.2, -0.15) is 0 Å². The zero-order valence-electron chi connectivity index (χ0n) is 9.97. The molecule has 0 fully saturated rings. The normalized spacial score (nSPS) is 11.0. The summed E-state index contributed by atoms with van der Waals surface area (Å²) in [5, 5.41) is 0.578. The highest BCUT2D eigenvalue weighted by Gasteiger charge is 2.17. The number of rotatable bonds is 2. The molecule has 7 nitrogen and oxygen atoms in total. The molecule has 3 aromatic heterocycles. The lowest BCUT2D eigenvalue weighted by atomic mass is 10.3. The molecule has 3 heterocycles. The first kappa shape index (κ1) is 11.4. The van der Waals surface area contributed by atoms with Crippen molar-refractivity contribution in [3.05, 3.63) is 34.5 Å². The second-order valence-corrected chi connectivity index (χ2v) is 3.77. The van der Waals surface area contributed by atoms with Crippen molar-refractivity contribution in [2.75, 3.05) is 6.61 Å². The van der Waals surface area contributed by atoms with Crippen molar-refractivity contribution in [2.45, 2.75) is 6.92 Å². The average Bonchev–Trinajstić information content (AvgIpc) is 2.78. The molecule has 0 aliphatic rings. The number of nitrogens with one attached hydrogen (secondary N) is 1. The number of aromatic nitrogens is 3. The number of hydrogen-bond donors (Lipinski definition) is 1. The fourth-order valence-corrected chi connectivity index (χ4v) is 1.78. The highest BCUT2D eigenvalue weighted by Crippen LogP contribution is 2.22. The number of carbonyl (C=O) groups excluding carboxylic acids is 1. The molecule has 0 spiro atoms. The first-order chi connectivity index (χ1) is 9.20. The van der Waals surface area contributed by atoms with Gasteiger partial charge < -0.3 is 9.15 Å². The van der Waals surface area contributed by atoms with Crippen molar-refractivity contribution in [1.29, 1.82) is 0 Å². The van der Waals surface area contributed by atoms with Crippen LogP contribution in [0.4, 0.5) is 0 Å². The summed E-state index contributed by atoms with van der Waals surface area (Å²) in [6.45, 7) is 1.87. The minimum absolute atomic E-state index is 0.0433.